The number of rotatable bonds is 7. The van der Waals surface area contributed by atoms with Gasteiger partial charge in [0.15, 0.2) is 0 Å². The number of hydrogen-bond donors (Lipinski definition) is 1. The van der Waals surface area contributed by atoms with E-state index in [0.717, 1.165) is 49.5 Å². The fourth-order valence-corrected chi connectivity index (χ4v) is 4.81. The van der Waals surface area contributed by atoms with E-state index in [2.05, 4.69) is 44.4 Å². The van der Waals surface area contributed by atoms with Gasteiger partial charge in [-0.1, -0.05) is 42.8 Å². The van der Waals surface area contributed by atoms with Crippen LogP contribution < -0.4 is 10.2 Å². The number of anilines is 1. The van der Waals surface area contributed by atoms with Gasteiger partial charge in [0.25, 0.3) is 5.91 Å². The van der Waals surface area contributed by atoms with Gasteiger partial charge < -0.3 is 10.2 Å². The highest BCUT2D eigenvalue weighted by molar-refractivity contribution is 6.30. The van der Waals surface area contributed by atoms with Gasteiger partial charge in [0.05, 0.1) is 5.69 Å². The molecule has 5 rings (SSSR count). The van der Waals surface area contributed by atoms with E-state index in [1.807, 2.05) is 19.1 Å². The molecule has 6 nitrogen and oxygen atoms in total. The minimum Gasteiger partial charge on any atom is -0.369 e. The molecule has 1 saturated heterocycles. The van der Waals surface area contributed by atoms with E-state index in [4.69, 9.17) is 11.6 Å². The van der Waals surface area contributed by atoms with E-state index in [1.165, 1.54) is 17.8 Å². The maximum Gasteiger partial charge on any atom is 0.270 e. The van der Waals surface area contributed by atoms with Crippen LogP contribution in [0.15, 0.2) is 66.9 Å². The molecule has 36 heavy (non-hydrogen) atoms. The van der Waals surface area contributed by atoms with Gasteiger partial charge in [0, 0.05) is 62.2 Å². The first-order valence-electron chi connectivity index (χ1n) is 12.3. The van der Waals surface area contributed by atoms with Crippen LogP contribution in [-0.4, -0.2) is 46.4 Å². The van der Waals surface area contributed by atoms with Crippen LogP contribution in [0, 0.1) is 5.82 Å². The van der Waals surface area contributed by atoms with Gasteiger partial charge >= 0.3 is 0 Å². The van der Waals surface area contributed by atoms with Crippen molar-refractivity contribution in [1.82, 2.24) is 19.6 Å². The molecular weight excluding hydrogens is 477 g/mol. The van der Waals surface area contributed by atoms with Crippen LogP contribution in [0.25, 0.3) is 5.65 Å². The number of carbonyl (C=O) groups is 1. The molecule has 0 spiro atoms. The third-order valence-corrected chi connectivity index (χ3v) is 6.89. The number of aromatic nitrogens is 2. The van der Waals surface area contributed by atoms with E-state index in [-0.39, 0.29) is 11.7 Å². The fraction of sp³-hybridized carbons (Fsp3) is 0.286. The topological polar surface area (TPSA) is 52.9 Å². The summed E-state index contributed by atoms with van der Waals surface area (Å²) in [7, 11) is 0. The molecule has 8 heteroatoms. The number of pyridine rings is 1. The van der Waals surface area contributed by atoms with Crippen molar-refractivity contribution in [3.8, 4) is 0 Å². The Kier molecular flexibility index (Phi) is 7.20. The summed E-state index contributed by atoms with van der Waals surface area (Å²) in [6.07, 6.45) is 2.45. The number of nitrogens with one attached hydrogen (secondary N) is 1. The lowest BCUT2D eigenvalue weighted by Crippen LogP contribution is -2.45. The summed E-state index contributed by atoms with van der Waals surface area (Å²) >= 11 is 6.09. The predicted molar refractivity (Wildman–Crippen MR) is 141 cm³/mol. The zero-order chi connectivity index (χ0) is 25.1. The molecule has 0 atom stereocenters. The molecule has 1 fully saturated rings. The number of nitrogens with zero attached hydrogens (tertiary/aromatic N) is 4. The summed E-state index contributed by atoms with van der Waals surface area (Å²) in [5.74, 6) is -0.346. The van der Waals surface area contributed by atoms with Gasteiger partial charge in [0.2, 0.25) is 0 Å². The highest BCUT2D eigenvalue weighted by atomic mass is 35.5. The molecule has 4 aromatic rings. The molecule has 1 aliphatic rings. The molecular formula is C28H29ClFN5O. The van der Waals surface area contributed by atoms with Crippen LogP contribution in [0.2, 0.25) is 5.02 Å². The molecule has 1 amide bonds. The normalized spacial score (nSPS) is 14.4. The van der Waals surface area contributed by atoms with Crippen LogP contribution in [0.1, 0.15) is 34.2 Å². The average Bonchev–Trinajstić information content (AvgIpc) is 3.27. The quantitative estimate of drug-likeness (QED) is 0.386. The highest BCUT2D eigenvalue weighted by Crippen LogP contribution is 2.20. The predicted octanol–water partition coefficient (Wildman–Crippen LogP) is 4.94. The number of piperazine rings is 1. The molecule has 2 aromatic heterocycles. The number of hydrogen-bond acceptors (Lipinski definition) is 4. The van der Waals surface area contributed by atoms with Crippen molar-refractivity contribution in [3.05, 3.63) is 100 Å². The Bertz CT molecular complexity index is 1350. The van der Waals surface area contributed by atoms with Gasteiger partial charge in [-0.05, 0) is 47.9 Å². The Morgan fingerprint density at radius 2 is 1.69 bits per heavy atom. The molecule has 2 aromatic carbocycles. The second-order valence-electron chi connectivity index (χ2n) is 9.07. The molecule has 0 radical (unpaired) electrons. The van der Waals surface area contributed by atoms with Gasteiger partial charge in [-0.3, -0.25) is 14.1 Å². The number of benzene rings is 2. The first-order chi connectivity index (χ1) is 17.5. The summed E-state index contributed by atoms with van der Waals surface area (Å²) in [5, 5.41) is 3.63. The smallest absolute Gasteiger partial charge is 0.270 e. The standard InChI is InChI=1S/C28H29ClFN5O/c1-2-25-27(35-12-11-22(29)17-26(35)32-25)28(36)31-18-20-5-9-24(10-6-20)34-15-13-33(14-16-34)19-21-3-7-23(30)8-4-21/h3-12,17H,2,13-16,18-19H2,1H3,(H,31,36). The third-order valence-electron chi connectivity index (χ3n) is 6.66. The van der Waals surface area contributed by atoms with Crippen molar-refractivity contribution in [2.24, 2.45) is 0 Å². The number of fused-ring (bicyclic) bond motifs is 1. The fourth-order valence-electron chi connectivity index (χ4n) is 4.66. The Balaban J connectivity index is 1.16. The zero-order valence-corrected chi connectivity index (χ0v) is 21.0. The lowest BCUT2D eigenvalue weighted by molar-refractivity contribution is 0.0944. The molecule has 186 valence electrons. The number of halogens is 2. The van der Waals surface area contributed by atoms with Crippen molar-refractivity contribution in [2.75, 3.05) is 31.1 Å². The number of imidazole rings is 1. The third kappa shape index (κ3) is 5.37. The first-order valence-corrected chi connectivity index (χ1v) is 12.6. The maximum absolute atomic E-state index is 13.1. The number of aryl methyl sites for hydroxylation is 1. The molecule has 1 aliphatic heterocycles. The van der Waals surface area contributed by atoms with E-state index in [0.29, 0.717) is 29.3 Å². The molecule has 3 heterocycles. The Hall–Kier alpha value is -3.42. The van der Waals surface area contributed by atoms with Gasteiger partial charge in [-0.25, -0.2) is 9.37 Å². The summed E-state index contributed by atoms with van der Waals surface area (Å²) in [5.41, 5.74) is 5.33. The molecule has 1 N–H and O–H groups in total. The molecule has 0 aliphatic carbocycles. The van der Waals surface area contributed by atoms with Crippen molar-refractivity contribution in [1.29, 1.82) is 0 Å². The molecule has 0 saturated carbocycles. The van der Waals surface area contributed by atoms with Gasteiger partial charge in [-0.15, -0.1) is 0 Å². The van der Waals surface area contributed by atoms with Crippen LogP contribution in [0.3, 0.4) is 0 Å². The number of carbonyl (C=O) groups excluding carboxylic acids is 1. The second-order valence-corrected chi connectivity index (χ2v) is 9.51. The average molecular weight is 506 g/mol. The molecule has 0 unspecified atom stereocenters. The number of amides is 1. The second kappa shape index (κ2) is 10.7. The van der Waals surface area contributed by atoms with Gasteiger partial charge in [-0.2, -0.15) is 0 Å². The summed E-state index contributed by atoms with van der Waals surface area (Å²) in [4.78, 5) is 22.3. The summed E-state index contributed by atoms with van der Waals surface area (Å²) in [6, 6.07) is 18.6. The summed E-state index contributed by atoms with van der Waals surface area (Å²) in [6.45, 7) is 7.06. The summed E-state index contributed by atoms with van der Waals surface area (Å²) < 4.78 is 14.9. The lowest BCUT2D eigenvalue weighted by atomic mass is 10.1. The maximum atomic E-state index is 13.1. The van der Waals surface area contributed by atoms with E-state index in [1.54, 1.807) is 22.7 Å². The van der Waals surface area contributed by atoms with Crippen LogP contribution >= 0.6 is 11.6 Å². The van der Waals surface area contributed by atoms with Crippen molar-refractivity contribution < 1.29 is 9.18 Å². The van der Waals surface area contributed by atoms with E-state index in [9.17, 15) is 9.18 Å². The van der Waals surface area contributed by atoms with Crippen LogP contribution in [0.5, 0.6) is 0 Å². The SMILES string of the molecule is CCc1nc2cc(Cl)ccn2c1C(=O)NCc1ccc(N2CCN(Cc3ccc(F)cc3)CC2)cc1. The lowest BCUT2D eigenvalue weighted by Gasteiger charge is -2.36. The van der Waals surface area contributed by atoms with Crippen molar-refractivity contribution >= 4 is 28.8 Å². The Labute approximate surface area is 215 Å². The monoisotopic (exact) mass is 505 g/mol. The largest absolute Gasteiger partial charge is 0.369 e. The molecule has 0 bridgehead atoms. The Morgan fingerprint density at radius 1 is 1.00 bits per heavy atom. The Morgan fingerprint density at radius 3 is 2.39 bits per heavy atom. The van der Waals surface area contributed by atoms with Gasteiger partial charge in [0.1, 0.15) is 17.2 Å². The van der Waals surface area contributed by atoms with Crippen LogP contribution in [-0.2, 0) is 19.5 Å². The van der Waals surface area contributed by atoms with Crippen molar-refractivity contribution in [3.63, 3.8) is 0 Å². The minimum atomic E-state index is -0.196. The minimum absolute atomic E-state index is 0.150. The van der Waals surface area contributed by atoms with Crippen LogP contribution in [0.4, 0.5) is 10.1 Å². The zero-order valence-electron chi connectivity index (χ0n) is 20.3. The van der Waals surface area contributed by atoms with Crippen molar-refractivity contribution in [2.45, 2.75) is 26.4 Å². The highest BCUT2D eigenvalue weighted by Gasteiger charge is 2.19. The first kappa shape index (κ1) is 24.3. The van der Waals surface area contributed by atoms with E-state index < -0.39 is 0 Å². The van der Waals surface area contributed by atoms with E-state index >= 15 is 0 Å².